The Labute approximate surface area is 260 Å². The Balaban J connectivity index is 1.16. The minimum atomic E-state index is -1.14. The van der Waals surface area contributed by atoms with Gasteiger partial charge in [0.1, 0.15) is 17.1 Å². The van der Waals surface area contributed by atoms with Crippen molar-refractivity contribution in [2.24, 2.45) is 0 Å². The summed E-state index contributed by atoms with van der Waals surface area (Å²) in [5.74, 6) is -0.924. The van der Waals surface area contributed by atoms with Crippen LogP contribution >= 0.6 is 58.5 Å². The van der Waals surface area contributed by atoms with Crippen LogP contribution in [0.15, 0.2) is 94.1 Å². The van der Waals surface area contributed by atoms with Gasteiger partial charge in [-0.05, 0) is 29.3 Å². The number of nitrogens with zero attached hydrogens (tertiary/aromatic N) is 2. The average Bonchev–Trinajstić information content (AvgIpc) is 2.98. The number of aliphatic carboxylic acids is 1. The predicted octanol–water partition coefficient (Wildman–Crippen LogP) is 5.15. The third kappa shape index (κ3) is 7.24. The number of benzene rings is 2. The summed E-state index contributed by atoms with van der Waals surface area (Å²) in [5, 5.41) is 13.3. The van der Waals surface area contributed by atoms with Gasteiger partial charge in [-0.15, -0.1) is 35.3 Å². The van der Waals surface area contributed by atoms with E-state index in [2.05, 4.69) is 22.0 Å². The van der Waals surface area contributed by atoms with E-state index in [-0.39, 0.29) is 17.4 Å². The molecular formula is C29H26Cl2N3O4S3+. The number of carboxylic acid groups (broad SMARTS) is 1. The second kappa shape index (κ2) is 13.6. The first kappa shape index (κ1) is 29.8. The number of β-lactam (4-membered cyclic amide) rings is 1. The van der Waals surface area contributed by atoms with Gasteiger partial charge in [0.15, 0.2) is 18.9 Å². The van der Waals surface area contributed by atoms with E-state index < -0.39 is 23.3 Å². The summed E-state index contributed by atoms with van der Waals surface area (Å²) in [4.78, 5) is 40.8. The fourth-order valence-corrected chi connectivity index (χ4v) is 8.18. The Morgan fingerprint density at radius 3 is 2.56 bits per heavy atom. The van der Waals surface area contributed by atoms with Gasteiger partial charge in [0.2, 0.25) is 5.91 Å². The van der Waals surface area contributed by atoms with Crippen LogP contribution in [0.25, 0.3) is 0 Å². The average molecular weight is 648 g/mol. The van der Waals surface area contributed by atoms with E-state index in [9.17, 15) is 19.5 Å². The zero-order valence-electron chi connectivity index (χ0n) is 21.7. The molecule has 1 aromatic heterocycles. The number of hydrogen-bond donors (Lipinski definition) is 2. The highest BCUT2D eigenvalue weighted by Crippen LogP contribution is 2.41. The monoisotopic (exact) mass is 646 g/mol. The molecule has 0 spiro atoms. The Hall–Kier alpha value is -2.63. The van der Waals surface area contributed by atoms with Crippen molar-refractivity contribution in [1.29, 1.82) is 0 Å². The summed E-state index contributed by atoms with van der Waals surface area (Å²) in [7, 11) is 0. The molecule has 1 saturated heterocycles. The van der Waals surface area contributed by atoms with Gasteiger partial charge in [-0.3, -0.25) is 14.5 Å². The number of halogens is 2. The second-order valence-electron chi connectivity index (χ2n) is 9.37. The van der Waals surface area contributed by atoms with Crippen molar-refractivity contribution < 1.29 is 24.1 Å². The van der Waals surface area contributed by atoms with Crippen LogP contribution in [0.4, 0.5) is 0 Å². The molecule has 2 N–H and O–H groups in total. The van der Waals surface area contributed by atoms with Crippen LogP contribution in [0.3, 0.4) is 0 Å². The molecule has 212 valence electrons. The summed E-state index contributed by atoms with van der Waals surface area (Å²) in [6, 6.07) is 18.6. The maximum atomic E-state index is 13.0. The van der Waals surface area contributed by atoms with Crippen molar-refractivity contribution in [3.05, 3.63) is 99.9 Å². The number of hydrogen-bond acceptors (Lipinski definition) is 6. The number of aryl methyl sites for hydroxylation is 2. The van der Waals surface area contributed by atoms with Gasteiger partial charge in [-0.25, -0.2) is 9.36 Å². The molecule has 0 aliphatic carbocycles. The smallest absolute Gasteiger partial charge is 0.352 e. The SMILES string of the molecule is O=C(CSc1cc(Cl)ccc1Cl)N[C@@H]1C(=O)N2C(C(=O)O)=C(CSc3cc[n+](CCc4ccccc4)cc3)CS[C@H]12. The molecule has 2 aromatic carbocycles. The van der Waals surface area contributed by atoms with Crippen LogP contribution in [-0.2, 0) is 27.3 Å². The molecule has 2 aliphatic rings. The van der Waals surface area contributed by atoms with Gasteiger partial charge >= 0.3 is 5.97 Å². The highest BCUT2D eigenvalue weighted by Gasteiger charge is 2.54. The van der Waals surface area contributed by atoms with Gasteiger partial charge in [-0.1, -0.05) is 53.5 Å². The van der Waals surface area contributed by atoms with Crippen molar-refractivity contribution in [3.63, 3.8) is 0 Å². The van der Waals surface area contributed by atoms with Crippen LogP contribution in [0.1, 0.15) is 5.56 Å². The number of rotatable bonds is 11. The number of nitrogens with one attached hydrogen (secondary N) is 1. The Bertz CT molecular complexity index is 1490. The maximum Gasteiger partial charge on any atom is 0.352 e. The number of carbonyl (C=O) groups is 3. The summed E-state index contributed by atoms with van der Waals surface area (Å²) in [6.07, 6.45) is 4.98. The number of aromatic nitrogens is 1. The standard InChI is InChI=1S/C29H25Cl2N3O4S3/c30-20-6-7-22(31)23(14-20)40-17-24(35)32-25-27(36)34-26(29(37)38)19(16-41-28(25)34)15-39-21-9-12-33(13-10-21)11-8-18-4-2-1-3-5-18/h1-7,9-10,12-14,25,28H,8,11,15-17H2,(H-,32,35,37,38)/p+1/t25-,28-/m1/s1. The van der Waals surface area contributed by atoms with Gasteiger partial charge in [0.05, 0.1) is 10.8 Å². The largest absolute Gasteiger partial charge is 0.477 e. The number of amides is 2. The van der Waals surface area contributed by atoms with Crippen LogP contribution in [0.2, 0.25) is 10.0 Å². The quantitative estimate of drug-likeness (QED) is 0.169. The lowest BCUT2D eigenvalue weighted by Crippen LogP contribution is -2.70. The summed E-state index contributed by atoms with van der Waals surface area (Å²) >= 11 is 16.4. The molecule has 41 heavy (non-hydrogen) atoms. The van der Waals surface area contributed by atoms with Crippen molar-refractivity contribution >= 4 is 76.3 Å². The van der Waals surface area contributed by atoms with Crippen LogP contribution < -0.4 is 9.88 Å². The molecule has 7 nitrogen and oxygen atoms in total. The highest BCUT2D eigenvalue weighted by atomic mass is 35.5. The van der Waals surface area contributed by atoms with E-state index in [1.807, 2.05) is 42.7 Å². The first-order valence-electron chi connectivity index (χ1n) is 12.7. The molecular weight excluding hydrogens is 621 g/mol. The number of fused-ring (bicyclic) bond motifs is 1. The van der Waals surface area contributed by atoms with E-state index in [1.165, 1.54) is 45.7 Å². The van der Waals surface area contributed by atoms with E-state index >= 15 is 0 Å². The van der Waals surface area contributed by atoms with Gasteiger partial charge < -0.3 is 10.4 Å². The lowest BCUT2D eigenvalue weighted by Gasteiger charge is -2.49. The molecule has 12 heteroatoms. The third-order valence-electron chi connectivity index (χ3n) is 6.59. The summed E-state index contributed by atoms with van der Waals surface area (Å²) in [5.41, 5.74) is 1.99. The second-order valence-corrected chi connectivity index (χ2v) is 13.4. The Morgan fingerprint density at radius 1 is 1.07 bits per heavy atom. The molecule has 2 amide bonds. The maximum absolute atomic E-state index is 13.0. The van der Waals surface area contributed by atoms with Crippen molar-refractivity contribution in [2.75, 3.05) is 17.3 Å². The minimum Gasteiger partial charge on any atom is -0.477 e. The van der Waals surface area contributed by atoms with Crippen LogP contribution in [0, 0.1) is 0 Å². The molecule has 3 heterocycles. The number of carboxylic acids is 1. The van der Waals surface area contributed by atoms with Crippen LogP contribution in [-0.4, -0.2) is 56.5 Å². The van der Waals surface area contributed by atoms with Crippen molar-refractivity contribution in [1.82, 2.24) is 10.2 Å². The fraction of sp³-hybridized carbons (Fsp3) is 0.241. The van der Waals surface area contributed by atoms with E-state index in [0.717, 1.165) is 17.9 Å². The molecule has 3 aromatic rings. The first-order valence-corrected chi connectivity index (χ1v) is 16.5. The number of pyridine rings is 1. The van der Waals surface area contributed by atoms with Gasteiger partial charge in [0.25, 0.3) is 5.91 Å². The molecule has 0 saturated carbocycles. The molecule has 1 fully saturated rings. The molecule has 0 unspecified atom stereocenters. The zero-order chi connectivity index (χ0) is 28.9. The Kier molecular flexibility index (Phi) is 9.87. The van der Waals surface area contributed by atoms with Crippen molar-refractivity contribution in [2.45, 2.75) is 34.2 Å². The normalized spacial score (nSPS) is 18.1. The van der Waals surface area contributed by atoms with Crippen molar-refractivity contribution in [3.8, 4) is 0 Å². The first-order chi connectivity index (χ1) is 19.8. The highest BCUT2D eigenvalue weighted by molar-refractivity contribution is 8.01. The molecule has 2 aliphatic heterocycles. The van der Waals surface area contributed by atoms with E-state index in [4.69, 9.17) is 23.2 Å². The zero-order valence-corrected chi connectivity index (χ0v) is 25.6. The lowest BCUT2D eigenvalue weighted by molar-refractivity contribution is -0.696. The predicted molar refractivity (Wildman–Crippen MR) is 164 cm³/mol. The van der Waals surface area contributed by atoms with Gasteiger partial charge in [0, 0.05) is 44.9 Å². The summed E-state index contributed by atoms with van der Waals surface area (Å²) in [6.45, 7) is 0.864. The third-order valence-corrected chi connectivity index (χ3v) is 10.8. The van der Waals surface area contributed by atoms with Crippen LogP contribution in [0.5, 0.6) is 0 Å². The molecule has 5 rings (SSSR count). The molecule has 0 bridgehead atoms. The number of thioether (sulfide) groups is 3. The number of carbonyl (C=O) groups excluding carboxylic acids is 2. The fourth-order valence-electron chi connectivity index (χ4n) is 4.50. The summed E-state index contributed by atoms with van der Waals surface area (Å²) < 4.78 is 2.12. The Morgan fingerprint density at radius 2 is 1.83 bits per heavy atom. The van der Waals surface area contributed by atoms with Gasteiger partial charge in [-0.2, -0.15) is 0 Å². The molecule has 2 atom stereocenters. The topological polar surface area (TPSA) is 90.6 Å². The minimum absolute atomic E-state index is 0.0192. The van der Waals surface area contributed by atoms with E-state index in [0.29, 0.717) is 32.0 Å². The lowest BCUT2D eigenvalue weighted by atomic mass is 10.0. The molecule has 0 radical (unpaired) electrons. The van der Waals surface area contributed by atoms with E-state index in [1.54, 1.807) is 18.2 Å².